The number of hydrogen-bond donors (Lipinski definition) is 1. The average molecular weight is 278 g/mol. The first-order valence-corrected chi connectivity index (χ1v) is 6.09. The molecule has 19 heavy (non-hydrogen) atoms. The lowest BCUT2D eigenvalue weighted by molar-refractivity contribution is 0.452. The quantitative estimate of drug-likeness (QED) is 0.398. The summed E-state index contributed by atoms with van der Waals surface area (Å²) < 4.78 is 0. The van der Waals surface area contributed by atoms with E-state index in [9.17, 15) is 5.11 Å². The van der Waals surface area contributed by atoms with Crippen molar-refractivity contribution in [1.82, 2.24) is 9.97 Å². The van der Waals surface area contributed by atoms with Gasteiger partial charge in [0.05, 0.1) is 10.9 Å². The van der Waals surface area contributed by atoms with Crippen molar-refractivity contribution in [2.24, 2.45) is 5.11 Å². The molecule has 6 nitrogen and oxygen atoms in total. The van der Waals surface area contributed by atoms with Crippen LogP contribution < -0.4 is 0 Å². The molecule has 1 atom stereocenters. The molecule has 0 aliphatic carbocycles. The van der Waals surface area contributed by atoms with Gasteiger partial charge in [-0.15, -0.1) is 0 Å². The van der Waals surface area contributed by atoms with E-state index in [1.165, 1.54) is 12.4 Å². The van der Waals surface area contributed by atoms with Crippen LogP contribution in [0, 0.1) is 0 Å². The highest BCUT2D eigenvalue weighted by atomic mass is 35.5. The minimum Gasteiger partial charge on any atom is -0.493 e. The molecule has 0 amide bonds. The number of aromatic hydroxyl groups is 1. The van der Waals surface area contributed by atoms with E-state index in [0.29, 0.717) is 27.9 Å². The Morgan fingerprint density at radius 1 is 1.42 bits per heavy atom. The van der Waals surface area contributed by atoms with Gasteiger partial charge in [-0.05, 0) is 35.9 Å². The molecule has 0 bridgehead atoms. The van der Waals surface area contributed by atoms with E-state index in [1.54, 1.807) is 6.07 Å². The van der Waals surface area contributed by atoms with Gasteiger partial charge in [0, 0.05) is 17.3 Å². The predicted octanol–water partition coefficient (Wildman–Crippen LogP) is 3.92. The van der Waals surface area contributed by atoms with Crippen LogP contribution in [0.5, 0.6) is 5.88 Å². The highest BCUT2D eigenvalue weighted by Crippen LogP contribution is 2.37. The Labute approximate surface area is 114 Å². The van der Waals surface area contributed by atoms with E-state index in [1.807, 2.05) is 13.8 Å². The van der Waals surface area contributed by atoms with Gasteiger partial charge in [0.25, 0.3) is 0 Å². The standard InChI is InChI=1S/C12H12ClN5O/c1-3-12(2,17-18-14)9-6-16-11(19)8-5-15-10(13)4-7(8)9/h4-6H,3H2,1-2H3,(H,16,19)/t12-/m1/s1. The summed E-state index contributed by atoms with van der Waals surface area (Å²) in [5.74, 6) is -0.123. The maximum Gasteiger partial charge on any atom is 0.220 e. The Balaban J connectivity index is 2.84. The molecule has 2 heterocycles. The summed E-state index contributed by atoms with van der Waals surface area (Å²) in [6.45, 7) is 3.73. The van der Waals surface area contributed by atoms with Crippen LogP contribution in [0.2, 0.25) is 5.15 Å². The zero-order valence-electron chi connectivity index (χ0n) is 10.5. The second-order valence-corrected chi connectivity index (χ2v) is 4.75. The third-order valence-electron chi connectivity index (χ3n) is 3.25. The minimum absolute atomic E-state index is 0.123. The Morgan fingerprint density at radius 2 is 2.16 bits per heavy atom. The van der Waals surface area contributed by atoms with E-state index in [-0.39, 0.29) is 5.88 Å². The van der Waals surface area contributed by atoms with E-state index in [0.717, 1.165) is 0 Å². The molecule has 0 saturated carbocycles. The molecule has 0 radical (unpaired) electrons. The third-order valence-corrected chi connectivity index (χ3v) is 3.46. The molecule has 0 aliphatic rings. The summed E-state index contributed by atoms with van der Waals surface area (Å²) in [7, 11) is 0. The van der Waals surface area contributed by atoms with Crippen LogP contribution in [0.25, 0.3) is 21.2 Å². The monoisotopic (exact) mass is 277 g/mol. The molecule has 0 aliphatic heterocycles. The fourth-order valence-corrected chi connectivity index (χ4v) is 2.10. The SMILES string of the molecule is CC[C@@](C)(N=[N+]=[N-])c1cnc(O)c2cnc(Cl)cc12. The van der Waals surface area contributed by atoms with Crippen molar-refractivity contribution in [2.75, 3.05) is 0 Å². The number of hydrogen-bond acceptors (Lipinski definition) is 4. The summed E-state index contributed by atoms with van der Waals surface area (Å²) in [6.07, 6.45) is 3.56. The summed E-state index contributed by atoms with van der Waals surface area (Å²) in [5, 5.41) is 15.1. The van der Waals surface area contributed by atoms with E-state index in [2.05, 4.69) is 20.0 Å². The lowest BCUT2D eigenvalue weighted by atomic mass is 9.88. The molecule has 2 aromatic heterocycles. The normalized spacial score (nSPS) is 13.8. The Hall–Kier alpha value is -2.04. The van der Waals surface area contributed by atoms with Crippen LogP contribution in [0.3, 0.4) is 0 Å². The van der Waals surface area contributed by atoms with Crippen molar-refractivity contribution < 1.29 is 5.11 Å². The third kappa shape index (κ3) is 2.28. The van der Waals surface area contributed by atoms with Crippen LogP contribution in [0.4, 0.5) is 0 Å². The molecule has 0 aromatic carbocycles. The number of pyridine rings is 2. The molecule has 98 valence electrons. The van der Waals surface area contributed by atoms with Gasteiger partial charge in [-0.1, -0.05) is 23.6 Å². The van der Waals surface area contributed by atoms with Crippen LogP contribution in [0.1, 0.15) is 25.8 Å². The van der Waals surface area contributed by atoms with Gasteiger partial charge in [-0.25, -0.2) is 9.97 Å². The topological polar surface area (TPSA) is 94.8 Å². The number of aromatic nitrogens is 2. The molecular weight excluding hydrogens is 266 g/mol. The minimum atomic E-state index is -0.752. The van der Waals surface area contributed by atoms with Gasteiger partial charge in [0.2, 0.25) is 5.88 Å². The molecule has 0 saturated heterocycles. The van der Waals surface area contributed by atoms with Gasteiger partial charge in [0.1, 0.15) is 5.15 Å². The van der Waals surface area contributed by atoms with Crippen molar-refractivity contribution in [3.63, 3.8) is 0 Å². The number of halogens is 1. The van der Waals surface area contributed by atoms with E-state index in [4.69, 9.17) is 17.1 Å². The molecule has 1 N–H and O–H groups in total. The average Bonchev–Trinajstić information content (AvgIpc) is 2.39. The van der Waals surface area contributed by atoms with Crippen molar-refractivity contribution in [1.29, 1.82) is 0 Å². The number of rotatable bonds is 3. The summed E-state index contributed by atoms with van der Waals surface area (Å²) in [4.78, 5) is 10.7. The fourth-order valence-electron chi connectivity index (χ4n) is 1.94. The Bertz CT molecular complexity index is 683. The number of azide groups is 1. The second kappa shape index (κ2) is 4.91. The lowest BCUT2D eigenvalue weighted by Gasteiger charge is -2.24. The maximum atomic E-state index is 9.76. The van der Waals surface area contributed by atoms with Crippen molar-refractivity contribution in [2.45, 2.75) is 25.8 Å². The van der Waals surface area contributed by atoms with E-state index >= 15 is 0 Å². The second-order valence-electron chi connectivity index (χ2n) is 4.36. The molecule has 0 unspecified atom stereocenters. The van der Waals surface area contributed by atoms with Gasteiger partial charge in [-0.3, -0.25) is 0 Å². The molecular formula is C12H12ClN5O. The molecule has 2 aromatic rings. The van der Waals surface area contributed by atoms with Crippen LogP contribution >= 0.6 is 11.6 Å². The molecule has 0 spiro atoms. The first-order chi connectivity index (χ1) is 9.01. The van der Waals surface area contributed by atoms with Crippen LogP contribution in [-0.2, 0) is 5.54 Å². The van der Waals surface area contributed by atoms with E-state index < -0.39 is 5.54 Å². The van der Waals surface area contributed by atoms with Gasteiger partial charge < -0.3 is 5.11 Å². The Kier molecular flexibility index (Phi) is 3.46. The highest BCUT2D eigenvalue weighted by molar-refractivity contribution is 6.30. The maximum absolute atomic E-state index is 9.76. The molecule has 2 rings (SSSR count). The van der Waals surface area contributed by atoms with Gasteiger partial charge >= 0.3 is 0 Å². The van der Waals surface area contributed by atoms with Crippen molar-refractivity contribution >= 4 is 22.4 Å². The highest BCUT2D eigenvalue weighted by Gasteiger charge is 2.26. The predicted molar refractivity (Wildman–Crippen MR) is 73.0 cm³/mol. The largest absolute Gasteiger partial charge is 0.493 e. The zero-order chi connectivity index (χ0) is 14.0. The fraction of sp³-hybridized carbons (Fsp3) is 0.333. The summed E-state index contributed by atoms with van der Waals surface area (Å²) in [5.41, 5.74) is 8.69. The Morgan fingerprint density at radius 3 is 2.79 bits per heavy atom. The first-order valence-electron chi connectivity index (χ1n) is 5.72. The summed E-state index contributed by atoms with van der Waals surface area (Å²) >= 11 is 5.90. The van der Waals surface area contributed by atoms with Crippen LogP contribution in [-0.4, -0.2) is 15.1 Å². The number of nitrogens with zero attached hydrogens (tertiary/aromatic N) is 5. The van der Waals surface area contributed by atoms with Gasteiger partial charge in [-0.2, -0.15) is 0 Å². The van der Waals surface area contributed by atoms with Crippen molar-refractivity contribution in [3.05, 3.63) is 39.6 Å². The zero-order valence-corrected chi connectivity index (χ0v) is 11.3. The molecule has 0 fully saturated rings. The van der Waals surface area contributed by atoms with Crippen molar-refractivity contribution in [3.8, 4) is 5.88 Å². The summed E-state index contributed by atoms with van der Waals surface area (Å²) in [6, 6.07) is 1.63. The number of fused-ring (bicyclic) bond motifs is 1. The van der Waals surface area contributed by atoms with Crippen LogP contribution in [0.15, 0.2) is 23.6 Å². The smallest absolute Gasteiger partial charge is 0.220 e. The van der Waals surface area contributed by atoms with Gasteiger partial charge in [0.15, 0.2) is 0 Å². The lowest BCUT2D eigenvalue weighted by Crippen LogP contribution is -2.17. The first kappa shape index (κ1) is 13.4. The molecule has 7 heteroatoms.